The van der Waals surface area contributed by atoms with E-state index in [0.717, 1.165) is 0 Å². The molecule has 2 aromatic carbocycles. The molecule has 0 aliphatic carbocycles. The molecule has 2 rings (SSSR count). The van der Waals surface area contributed by atoms with Crippen molar-refractivity contribution in [2.75, 3.05) is 39.3 Å². The van der Waals surface area contributed by atoms with Crippen LogP contribution in [0.15, 0.2) is 60.7 Å². The average molecular weight is 465 g/mol. The SMILES string of the molecule is CC[N+](CC)(CC)Cc1ccccc1.CC[N+](CC)(CC)Cc1ccccc1.O=S([O-])[O-]. The van der Waals surface area contributed by atoms with E-state index in [-0.39, 0.29) is 0 Å². The van der Waals surface area contributed by atoms with Crippen LogP contribution in [0.2, 0.25) is 0 Å². The fraction of sp³-hybridized carbons (Fsp3) is 0.538. The lowest BCUT2D eigenvalue weighted by Crippen LogP contribution is -2.46. The van der Waals surface area contributed by atoms with Crippen molar-refractivity contribution in [2.24, 2.45) is 0 Å². The van der Waals surface area contributed by atoms with Crippen LogP contribution in [-0.2, 0) is 24.5 Å². The molecule has 0 spiro atoms. The Hall–Kier alpha value is -1.57. The van der Waals surface area contributed by atoms with Crippen LogP contribution in [0.1, 0.15) is 52.7 Å². The Kier molecular flexibility index (Phi) is 16.1. The molecule has 0 atom stereocenters. The lowest BCUT2D eigenvalue weighted by Gasteiger charge is -2.35. The van der Waals surface area contributed by atoms with Gasteiger partial charge in [-0.25, -0.2) is 0 Å². The van der Waals surface area contributed by atoms with E-state index in [2.05, 4.69) is 102 Å². The Morgan fingerprint density at radius 3 is 0.969 bits per heavy atom. The molecule has 32 heavy (non-hydrogen) atoms. The zero-order valence-electron chi connectivity index (χ0n) is 21.0. The van der Waals surface area contributed by atoms with E-state index in [1.54, 1.807) is 0 Å². The summed E-state index contributed by atoms with van der Waals surface area (Å²) in [6.45, 7) is 23.4. The highest BCUT2D eigenvalue weighted by atomic mass is 32.2. The lowest BCUT2D eigenvalue weighted by atomic mass is 10.2. The molecule has 0 heterocycles. The summed E-state index contributed by atoms with van der Waals surface area (Å²) in [4.78, 5) is 0. The van der Waals surface area contributed by atoms with Crippen molar-refractivity contribution in [3.8, 4) is 0 Å². The number of quaternary nitrogens is 2. The van der Waals surface area contributed by atoms with Crippen molar-refractivity contribution in [1.82, 2.24) is 0 Å². The molecule has 0 saturated heterocycles. The fourth-order valence-electron chi connectivity index (χ4n) is 3.95. The third-order valence-corrected chi connectivity index (χ3v) is 6.75. The second-order valence-electron chi connectivity index (χ2n) is 8.07. The predicted octanol–water partition coefficient (Wildman–Crippen LogP) is 5.12. The highest BCUT2D eigenvalue weighted by Crippen LogP contribution is 2.14. The quantitative estimate of drug-likeness (QED) is 0.362. The standard InChI is InChI=1S/2C13H22N.H2O3S/c2*1-4-14(5-2,6-3)12-13-10-8-7-9-11-13;1-4(2)3/h2*7-11H,4-6,12H2,1-3H3;(H2,1,2,3)/q2*+1;/p-2. The normalized spacial score (nSPS) is 11.3. The van der Waals surface area contributed by atoms with Gasteiger partial charge < -0.3 is 18.1 Å². The molecule has 0 unspecified atom stereocenters. The minimum Gasteiger partial charge on any atom is -0.784 e. The van der Waals surface area contributed by atoms with Gasteiger partial charge in [0.05, 0.1) is 39.3 Å². The molecule has 0 N–H and O–H groups in total. The van der Waals surface area contributed by atoms with Crippen LogP contribution < -0.4 is 0 Å². The van der Waals surface area contributed by atoms with Gasteiger partial charge in [0.15, 0.2) is 0 Å². The van der Waals surface area contributed by atoms with Crippen LogP contribution in [0.4, 0.5) is 0 Å². The number of rotatable bonds is 10. The van der Waals surface area contributed by atoms with Gasteiger partial charge in [-0.2, -0.15) is 0 Å². The van der Waals surface area contributed by atoms with E-state index < -0.39 is 11.4 Å². The van der Waals surface area contributed by atoms with Crippen LogP contribution >= 0.6 is 0 Å². The molecule has 182 valence electrons. The first-order valence-electron chi connectivity index (χ1n) is 11.8. The first-order valence-corrected chi connectivity index (χ1v) is 12.8. The third-order valence-electron chi connectivity index (χ3n) is 6.75. The molecule has 0 fully saturated rings. The van der Waals surface area contributed by atoms with Gasteiger partial charge in [0, 0.05) is 11.1 Å². The summed E-state index contributed by atoms with van der Waals surface area (Å²) in [6.07, 6.45) is 0. The summed E-state index contributed by atoms with van der Waals surface area (Å²) in [5.74, 6) is 0. The van der Waals surface area contributed by atoms with Gasteiger partial charge in [0.2, 0.25) is 0 Å². The third kappa shape index (κ3) is 11.9. The monoisotopic (exact) mass is 464 g/mol. The molecule has 6 heteroatoms. The maximum Gasteiger partial charge on any atom is 0.104 e. The van der Waals surface area contributed by atoms with Crippen molar-refractivity contribution >= 4 is 11.4 Å². The van der Waals surface area contributed by atoms with E-state index in [1.807, 2.05) is 0 Å². The Balaban J connectivity index is 0.000000515. The molecular weight excluding hydrogens is 420 g/mol. The van der Waals surface area contributed by atoms with E-state index in [9.17, 15) is 0 Å². The van der Waals surface area contributed by atoms with E-state index in [1.165, 1.54) is 72.5 Å². The molecule has 0 saturated carbocycles. The Morgan fingerprint density at radius 1 is 0.562 bits per heavy atom. The van der Waals surface area contributed by atoms with Crippen LogP contribution in [0, 0.1) is 0 Å². The van der Waals surface area contributed by atoms with Gasteiger partial charge in [-0.3, -0.25) is 4.21 Å². The molecule has 0 aliphatic rings. The van der Waals surface area contributed by atoms with Crippen LogP contribution in [0.25, 0.3) is 0 Å². The number of hydrogen-bond donors (Lipinski definition) is 0. The second kappa shape index (κ2) is 17.0. The number of hydrogen-bond acceptors (Lipinski definition) is 3. The maximum atomic E-state index is 8.44. The Labute approximate surface area is 199 Å². The predicted molar refractivity (Wildman–Crippen MR) is 134 cm³/mol. The summed E-state index contributed by atoms with van der Waals surface area (Å²) in [6, 6.07) is 21.6. The van der Waals surface area contributed by atoms with Crippen LogP contribution in [0.5, 0.6) is 0 Å². The van der Waals surface area contributed by atoms with Crippen molar-refractivity contribution < 1.29 is 22.3 Å². The Bertz CT molecular complexity index is 640. The highest BCUT2D eigenvalue weighted by Gasteiger charge is 2.21. The number of benzene rings is 2. The summed E-state index contributed by atoms with van der Waals surface area (Å²) >= 11 is -3.11. The molecular formula is C26H44N2O3S. The van der Waals surface area contributed by atoms with Crippen molar-refractivity contribution in [2.45, 2.75) is 54.6 Å². The van der Waals surface area contributed by atoms with E-state index in [0.29, 0.717) is 0 Å². The molecule has 2 aromatic rings. The smallest absolute Gasteiger partial charge is 0.104 e. The largest absolute Gasteiger partial charge is 0.784 e. The van der Waals surface area contributed by atoms with Crippen molar-refractivity contribution in [3.05, 3.63) is 71.8 Å². The van der Waals surface area contributed by atoms with Gasteiger partial charge in [0.25, 0.3) is 0 Å². The summed E-state index contributed by atoms with van der Waals surface area (Å²) in [5.41, 5.74) is 2.91. The minimum absolute atomic E-state index is 1.17. The molecule has 0 bridgehead atoms. The summed E-state index contributed by atoms with van der Waals surface area (Å²) in [7, 11) is 0. The van der Waals surface area contributed by atoms with E-state index in [4.69, 9.17) is 13.3 Å². The summed E-state index contributed by atoms with van der Waals surface area (Å²) in [5, 5.41) is 0. The minimum atomic E-state index is -3.11. The first-order chi connectivity index (χ1) is 15.3. The summed E-state index contributed by atoms with van der Waals surface area (Å²) < 4.78 is 27.7. The maximum absolute atomic E-state index is 8.44. The van der Waals surface area contributed by atoms with Crippen LogP contribution in [0.3, 0.4) is 0 Å². The highest BCUT2D eigenvalue weighted by molar-refractivity contribution is 7.72. The van der Waals surface area contributed by atoms with Crippen molar-refractivity contribution in [3.63, 3.8) is 0 Å². The fourth-order valence-corrected chi connectivity index (χ4v) is 3.95. The van der Waals surface area contributed by atoms with Gasteiger partial charge in [0.1, 0.15) is 13.1 Å². The number of nitrogens with zero attached hydrogens (tertiary/aromatic N) is 2. The van der Waals surface area contributed by atoms with Gasteiger partial charge >= 0.3 is 0 Å². The second-order valence-corrected chi connectivity index (χ2v) is 8.48. The van der Waals surface area contributed by atoms with Crippen LogP contribution in [-0.4, -0.2) is 61.5 Å². The lowest BCUT2D eigenvalue weighted by molar-refractivity contribution is -0.936. The van der Waals surface area contributed by atoms with Gasteiger partial charge in [-0.05, 0) is 41.5 Å². The van der Waals surface area contributed by atoms with Crippen molar-refractivity contribution in [1.29, 1.82) is 0 Å². The Morgan fingerprint density at radius 2 is 0.781 bits per heavy atom. The topological polar surface area (TPSA) is 63.2 Å². The molecule has 5 nitrogen and oxygen atoms in total. The molecule has 0 aromatic heterocycles. The first kappa shape index (κ1) is 30.4. The zero-order chi connectivity index (χ0) is 24.5. The average Bonchev–Trinajstić information content (AvgIpc) is 2.83. The molecule has 0 amide bonds. The molecule has 0 aliphatic heterocycles. The zero-order valence-corrected chi connectivity index (χ0v) is 21.8. The van der Waals surface area contributed by atoms with Gasteiger partial charge in [-0.1, -0.05) is 60.7 Å². The van der Waals surface area contributed by atoms with Gasteiger partial charge in [-0.15, -0.1) is 11.4 Å². The van der Waals surface area contributed by atoms with E-state index >= 15 is 0 Å². The molecule has 0 radical (unpaired) electrons.